The Hall–Kier alpha value is -0.300. The van der Waals surface area contributed by atoms with Gasteiger partial charge in [0.05, 0.1) is 0 Å². The lowest BCUT2D eigenvalue weighted by molar-refractivity contribution is 0.130. The van der Waals surface area contributed by atoms with E-state index in [0.29, 0.717) is 0 Å². The van der Waals surface area contributed by atoms with Crippen molar-refractivity contribution in [1.29, 1.82) is 0 Å². The predicted octanol–water partition coefficient (Wildman–Crippen LogP) is 3.67. The number of nitrogens with one attached hydrogen (secondary N) is 1. The summed E-state index contributed by atoms with van der Waals surface area (Å²) in [5.41, 5.74) is 0. The molecular weight excluding hydrogens is 377 g/mol. The number of unbranched alkanes of at least 4 members (excludes halogenated alkanes) is 2. The predicted molar refractivity (Wildman–Crippen MR) is 104 cm³/mol. The van der Waals surface area contributed by atoms with E-state index in [4.69, 9.17) is 4.74 Å². The molecule has 0 amide bonds. The Bertz CT molecular complexity index is 260. The first-order chi connectivity index (χ1) is 9.76. The molecule has 0 aliphatic rings. The molecule has 0 atom stereocenters. The van der Waals surface area contributed by atoms with Gasteiger partial charge in [-0.1, -0.05) is 19.4 Å². The van der Waals surface area contributed by atoms with Gasteiger partial charge in [-0.3, -0.25) is 4.99 Å². The molecule has 0 saturated carbocycles. The normalized spacial score (nSPS) is 10.9. The van der Waals surface area contributed by atoms with Crippen molar-refractivity contribution in [2.75, 3.05) is 39.9 Å². The second kappa shape index (κ2) is 17.8. The van der Waals surface area contributed by atoms with Gasteiger partial charge >= 0.3 is 0 Å². The maximum Gasteiger partial charge on any atom is 0.193 e. The zero-order chi connectivity index (χ0) is 15.1. The van der Waals surface area contributed by atoms with Crippen LogP contribution in [-0.2, 0) is 4.74 Å². The minimum absolute atomic E-state index is 0. The maximum absolute atomic E-state index is 5.54. The molecule has 1 N–H and O–H groups in total. The fourth-order valence-corrected chi connectivity index (χ4v) is 1.75. The largest absolute Gasteiger partial charge is 0.381 e. The highest BCUT2D eigenvalue weighted by Gasteiger charge is 2.03. The molecule has 0 bridgehead atoms. The van der Waals surface area contributed by atoms with E-state index in [9.17, 15) is 0 Å². The number of nitrogens with zero attached hydrogens (tertiary/aromatic N) is 2. The third kappa shape index (κ3) is 14.4. The standard InChI is InChI=1S/C16H33N3O.HI/c1-5-8-10-13-19(4)16(17-7-3)18-12-11-15-20-14-9-6-2;/h5H,1,6-15H2,2-4H3,(H,17,18);1H. The Balaban J connectivity index is 0. The fourth-order valence-electron chi connectivity index (χ4n) is 1.75. The zero-order valence-electron chi connectivity index (χ0n) is 14.1. The van der Waals surface area contributed by atoms with Crippen molar-refractivity contribution in [3.05, 3.63) is 12.7 Å². The van der Waals surface area contributed by atoms with Crippen LogP contribution in [0.15, 0.2) is 17.6 Å². The van der Waals surface area contributed by atoms with E-state index in [1.54, 1.807) is 0 Å². The molecule has 0 aliphatic carbocycles. The van der Waals surface area contributed by atoms with Crippen LogP contribution in [0.25, 0.3) is 0 Å². The molecule has 0 heterocycles. The molecule has 0 fully saturated rings. The van der Waals surface area contributed by atoms with Gasteiger partial charge in [-0.05, 0) is 32.6 Å². The lowest BCUT2D eigenvalue weighted by atomic mass is 10.3. The topological polar surface area (TPSA) is 36.9 Å². The monoisotopic (exact) mass is 411 g/mol. The molecule has 0 radical (unpaired) electrons. The van der Waals surface area contributed by atoms with Crippen LogP contribution in [0.4, 0.5) is 0 Å². The molecule has 126 valence electrons. The van der Waals surface area contributed by atoms with Crippen molar-refractivity contribution < 1.29 is 4.74 Å². The van der Waals surface area contributed by atoms with Crippen LogP contribution in [0, 0.1) is 0 Å². The summed E-state index contributed by atoms with van der Waals surface area (Å²) in [5.74, 6) is 0.991. The minimum Gasteiger partial charge on any atom is -0.381 e. The van der Waals surface area contributed by atoms with Gasteiger partial charge in [0.25, 0.3) is 0 Å². The van der Waals surface area contributed by atoms with E-state index in [1.807, 2.05) is 6.08 Å². The van der Waals surface area contributed by atoms with Crippen LogP contribution in [0.2, 0.25) is 0 Å². The van der Waals surface area contributed by atoms with Crippen molar-refractivity contribution in [2.45, 2.75) is 46.0 Å². The SMILES string of the molecule is C=CCCCN(C)C(=NCCCOCCCC)NCC.I. The zero-order valence-corrected chi connectivity index (χ0v) is 16.4. The molecule has 0 aromatic rings. The number of aliphatic imine (C=N–C) groups is 1. The van der Waals surface area contributed by atoms with Crippen LogP contribution in [0.3, 0.4) is 0 Å². The van der Waals surface area contributed by atoms with Gasteiger partial charge < -0.3 is 15.0 Å². The van der Waals surface area contributed by atoms with E-state index in [-0.39, 0.29) is 24.0 Å². The van der Waals surface area contributed by atoms with Crippen molar-refractivity contribution in [3.63, 3.8) is 0 Å². The van der Waals surface area contributed by atoms with E-state index >= 15 is 0 Å². The van der Waals surface area contributed by atoms with Gasteiger partial charge in [-0.25, -0.2) is 0 Å². The molecular formula is C16H34IN3O. The Morgan fingerprint density at radius 2 is 1.95 bits per heavy atom. The Morgan fingerprint density at radius 1 is 1.24 bits per heavy atom. The van der Waals surface area contributed by atoms with Crippen LogP contribution >= 0.6 is 24.0 Å². The van der Waals surface area contributed by atoms with Crippen molar-refractivity contribution in [1.82, 2.24) is 10.2 Å². The van der Waals surface area contributed by atoms with Crippen LogP contribution in [-0.4, -0.2) is 50.8 Å². The average molecular weight is 411 g/mol. The van der Waals surface area contributed by atoms with Gasteiger partial charge in [-0.15, -0.1) is 30.6 Å². The molecule has 0 aromatic carbocycles. The smallest absolute Gasteiger partial charge is 0.193 e. The molecule has 5 heteroatoms. The number of ether oxygens (including phenoxy) is 1. The lowest BCUT2D eigenvalue weighted by Crippen LogP contribution is -2.39. The van der Waals surface area contributed by atoms with Crippen molar-refractivity contribution in [2.24, 2.45) is 4.99 Å². The Labute approximate surface area is 148 Å². The fraction of sp³-hybridized carbons (Fsp3) is 0.812. The summed E-state index contributed by atoms with van der Waals surface area (Å²) in [5, 5.41) is 3.33. The first-order valence-electron chi connectivity index (χ1n) is 7.94. The summed E-state index contributed by atoms with van der Waals surface area (Å²) in [6.07, 6.45) is 7.46. The first-order valence-corrected chi connectivity index (χ1v) is 7.94. The van der Waals surface area contributed by atoms with Gasteiger partial charge in [0.1, 0.15) is 0 Å². The number of allylic oxidation sites excluding steroid dienone is 1. The van der Waals surface area contributed by atoms with Gasteiger partial charge in [0.2, 0.25) is 0 Å². The summed E-state index contributed by atoms with van der Waals surface area (Å²) in [4.78, 5) is 6.82. The quantitative estimate of drug-likeness (QED) is 0.175. The Kier molecular flexibility index (Phi) is 19.4. The highest BCUT2D eigenvalue weighted by atomic mass is 127. The number of hydrogen-bond donors (Lipinski definition) is 1. The second-order valence-electron chi connectivity index (χ2n) is 4.91. The summed E-state index contributed by atoms with van der Waals surface area (Å²) in [7, 11) is 2.09. The highest BCUT2D eigenvalue weighted by Crippen LogP contribution is 1.96. The number of guanidine groups is 1. The van der Waals surface area contributed by atoms with E-state index in [0.717, 1.165) is 64.5 Å². The van der Waals surface area contributed by atoms with Crippen LogP contribution < -0.4 is 5.32 Å². The lowest BCUT2D eigenvalue weighted by Gasteiger charge is -2.21. The third-order valence-electron chi connectivity index (χ3n) is 2.95. The van der Waals surface area contributed by atoms with Crippen LogP contribution in [0.1, 0.15) is 46.0 Å². The maximum atomic E-state index is 5.54. The van der Waals surface area contributed by atoms with E-state index in [2.05, 4.69) is 42.7 Å². The van der Waals surface area contributed by atoms with E-state index < -0.39 is 0 Å². The molecule has 21 heavy (non-hydrogen) atoms. The summed E-state index contributed by atoms with van der Waals surface area (Å²) < 4.78 is 5.54. The third-order valence-corrected chi connectivity index (χ3v) is 2.95. The molecule has 0 aliphatic heterocycles. The van der Waals surface area contributed by atoms with Gasteiger partial charge in [0.15, 0.2) is 5.96 Å². The average Bonchev–Trinajstić information content (AvgIpc) is 2.45. The summed E-state index contributed by atoms with van der Waals surface area (Å²) in [6.45, 7) is 12.4. The van der Waals surface area contributed by atoms with Crippen molar-refractivity contribution >= 4 is 29.9 Å². The molecule has 4 nitrogen and oxygen atoms in total. The minimum atomic E-state index is 0. The molecule has 0 rings (SSSR count). The summed E-state index contributed by atoms with van der Waals surface area (Å²) in [6, 6.07) is 0. The Morgan fingerprint density at radius 3 is 2.57 bits per heavy atom. The molecule has 0 aromatic heterocycles. The van der Waals surface area contributed by atoms with Gasteiger partial charge in [0, 0.05) is 39.9 Å². The van der Waals surface area contributed by atoms with Gasteiger partial charge in [-0.2, -0.15) is 0 Å². The number of rotatable bonds is 12. The van der Waals surface area contributed by atoms with Crippen molar-refractivity contribution in [3.8, 4) is 0 Å². The summed E-state index contributed by atoms with van der Waals surface area (Å²) >= 11 is 0. The molecule has 0 spiro atoms. The highest BCUT2D eigenvalue weighted by molar-refractivity contribution is 14.0. The number of halogens is 1. The second-order valence-corrected chi connectivity index (χ2v) is 4.91. The first kappa shape index (κ1) is 23.0. The van der Waals surface area contributed by atoms with Crippen LogP contribution in [0.5, 0.6) is 0 Å². The number of hydrogen-bond acceptors (Lipinski definition) is 2. The molecule has 0 unspecified atom stereocenters. The van der Waals surface area contributed by atoms with E-state index in [1.165, 1.54) is 6.42 Å². The molecule has 0 saturated heterocycles.